The number of amides is 1. The van der Waals surface area contributed by atoms with Crippen molar-refractivity contribution >= 4 is 32.8 Å². The quantitative estimate of drug-likeness (QED) is 0.321. The fourth-order valence-electron chi connectivity index (χ4n) is 3.83. The summed E-state index contributed by atoms with van der Waals surface area (Å²) in [5, 5.41) is 12.1. The molecule has 4 N–H and O–H groups in total. The van der Waals surface area contributed by atoms with Crippen molar-refractivity contribution in [1.29, 1.82) is 0 Å². The second-order valence-electron chi connectivity index (χ2n) is 9.71. The molecule has 3 aromatic rings. The highest BCUT2D eigenvalue weighted by Gasteiger charge is 2.34. The highest BCUT2D eigenvalue weighted by Crippen LogP contribution is 2.34. The maximum absolute atomic E-state index is 13.4. The number of hydrogen-bond donors (Lipinski definition) is 3. The van der Waals surface area contributed by atoms with Crippen molar-refractivity contribution < 1.29 is 27.8 Å². The van der Waals surface area contributed by atoms with Crippen molar-refractivity contribution in [3.63, 3.8) is 0 Å². The Morgan fingerprint density at radius 2 is 1.97 bits per heavy atom. The molecule has 1 amide bonds. The molecule has 0 saturated heterocycles. The molecule has 0 aliphatic carbocycles. The number of sulfone groups is 1. The number of fused-ring (bicyclic) bond motifs is 1. The number of aliphatic imine (C=N–C) groups is 1. The van der Waals surface area contributed by atoms with Gasteiger partial charge in [0.25, 0.3) is 5.91 Å². The van der Waals surface area contributed by atoms with Gasteiger partial charge in [-0.15, -0.1) is 0 Å². The molecule has 1 atom stereocenters. The second-order valence-corrected chi connectivity index (χ2v) is 12.4. The van der Waals surface area contributed by atoms with Crippen LogP contribution in [0.3, 0.4) is 0 Å². The summed E-state index contributed by atoms with van der Waals surface area (Å²) in [6, 6.07) is 8.46. The monoisotopic (exact) mass is 557 g/mol. The van der Waals surface area contributed by atoms with Crippen LogP contribution in [0.5, 0.6) is 11.5 Å². The first-order valence-corrected chi connectivity index (χ1v) is 13.7. The van der Waals surface area contributed by atoms with Gasteiger partial charge in [0.15, 0.2) is 9.84 Å². The SMILES string of the molecule is CN=C(/C=C(\N)c1cnc2cc(OCCO)c(S(=O)(=O)C(C)(C)C)cn12)C(=O)N[C@H](C)c1ccccc1OC. The number of hydrogen-bond acceptors (Lipinski definition) is 9. The first-order chi connectivity index (χ1) is 18.3. The molecule has 0 bridgehead atoms. The highest BCUT2D eigenvalue weighted by molar-refractivity contribution is 7.92. The number of aromatic nitrogens is 2. The molecular formula is C27H35N5O6S. The van der Waals surface area contributed by atoms with Gasteiger partial charge in [0.1, 0.15) is 34.4 Å². The van der Waals surface area contributed by atoms with E-state index in [1.54, 1.807) is 27.9 Å². The Morgan fingerprint density at radius 3 is 2.59 bits per heavy atom. The number of benzene rings is 1. The zero-order valence-electron chi connectivity index (χ0n) is 22.9. The van der Waals surface area contributed by atoms with E-state index in [9.17, 15) is 18.3 Å². The summed E-state index contributed by atoms with van der Waals surface area (Å²) in [6.45, 7) is 6.21. The lowest BCUT2D eigenvalue weighted by atomic mass is 10.1. The number of carbonyl (C=O) groups excluding carboxylic acids is 1. The Kier molecular flexibility index (Phi) is 9.03. The van der Waals surface area contributed by atoms with Gasteiger partial charge in [-0.1, -0.05) is 18.2 Å². The largest absolute Gasteiger partial charge is 0.496 e. The van der Waals surface area contributed by atoms with E-state index in [4.69, 9.17) is 15.2 Å². The van der Waals surface area contributed by atoms with Crippen LogP contribution in [0.25, 0.3) is 11.3 Å². The van der Waals surface area contributed by atoms with E-state index in [1.165, 1.54) is 36.0 Å². The number of carbonyl (C=O) groups is 1. The smallest absolute Gasteiger partial charge is 0.269 e. The molecule has 0 fully saturated rings. The van der Waals surface area contributed by atoms with E-state index in [2.05, 4.69) is 15.3 Å². The van der Waals surface area contributed by atoms with Gasteiger partial charge in [0.05, 0.1) is 42.1 Å². The molecule has 0 unspecified atom stereocenters. The minimum absolute atomic E-state index is 0.0645. The topological polar surface area (TPSA) is 158 Å². The Hall–Kier alpha value is -3.90. The first kappa shape index (κ1) is 29.7. The summed E-state index contributed by atoms with van der Waals surface area (Å²) < 4.78 is 38.0. The molecule has 2 aromatic heterocycles. The fourth-order valence-corrected chi connectivity index (χ4v) is 5.11. The third-order valence-electron chi connectivity index (χ3n) is 6.03. The minimum Gasteiger partial charge on any atom is -0.496 e. The third kappa shape index (κ3) is 6.23. The Bertz CT molecular complexity index is 1520. The molecule has 210 valence electrons. The van der Waals surface area contributed by atoms with Crippen molar-refractivity contribution in [2.75, 3.05) is 27.4 Å². The van der Waals surface area contributed by atoms with Crippen molar-refractivity contribution in [1.82, 2.24) is 14.7 Å². The molecule has 3 rings (SSSR count). The lowest BCUT2D eigenvalue weighted by Crippen LogP contribution is -2.33. The van der Waals surface area contributed by atoms with Gasteiger partial charge >= 0.3 is 0 Å². The van der Waals surface area contributed by atoms with Crippen molar-refractivity contribution in [2.45, 2.75) is 43.4 Å². The van der Waals surface area contributed by atoms with Gasteiger partial charge < -0.3 is 25.6 Å². The second kappa shape index (κ2) is 11.9. The maximum atomic E-state index is 13.4. The van der Waals surface area contributed by atoms with Crippen LogP contribution in [-0.2, 0) is 14.6 Å². The van der Waals surface area contributed by atoms with Gasteiger partial charge in [-0.25, -0.2) is 13.4 Å². The zero-order valence-corrected chi connectivity index (χ0v) is 23.7. The lowest BCUT2D eigenvalue weighted by molar-refractivity contribution is -0.115. The molecule has 0 spiro atoms. The van der Waals surface area contributed by atoms with Crippen LogP contribution in [0.2, 0.25) is 0 Å². The molecule has 2 heterocycles. The number of methoxy groups -OCH3 is 1. The number of rotatable bonds is 10. The van der Waals surface area contributed by atoms with Gasteiger partial charge in [-0.05, 0) is 39.8 Å². The summed E-state index contributed by atoms with van der Waals surface area (Å²) in [4.78, 5) is 21.4. The van der Waals surface area contributed by atoms with E-state index in [1.807, 2.05) is 31.2 Å². The predicted molar refractivity (Wildman–Crippen MR) is 150 cm³/mol. The van der Waals surface area contributed by atoms with E-state index in [-0.39, 0.29) is 41.3 Å². The summed E-state index contributed by atoms with van der Waals surface area (Å²) in [6.07, 6.45) is 4.26. The van der Waals surface area contributed by atoms with Gasteiger partial charge in [0, 0.05) is 24.9 Å². The molecule has 1 aromatic carbocycles. The molecule has 0 aliphatic rings. The van der Waals surface area contributed by atoms with E-state index in [0.717, 1.165) is 5.56 Å². The lowest BCUT2D eigenvalue weighted by Gasteiger charge is -2.21. The fraction of sp³-hybridized carbons (Fsp3) is 0.370. The number of nitrogens with two attached hydrogens (primary N) is 1. The Balaban J connectivity index is 2.00. The summed E-state index contributed by atoms with van der Waals surface area (Å²) in [5.74, 6) is 0.263. The molecule has 12 heteroatoms. The van der Waals surface area contributed by atoms with Crippen LogP contribution in [0.15, 0.2) is 58.7 Å². The van der Waals surface area contributed by atoms with Crippen LogP contribution in [-0.4, -0.2) is 66.6 Å². The predicted octanol–water partition coefficient (Wildman–Crippen LogP) is 2.53. The summed E-state index contributed by atoms with van der Waals surface area (Å²) >= 11 is 0. The van der Waals surface area contributed by atoms with Gasteiger partial charge in [0.2, 0.25) is 0 Å². The highest BCUT2D eigenvalue weighted by atomic mass is 32.2. The average molecular weight is 558 g/mol. The number of aliphatic hydroxyl groups excluding tert-OH is 1. The minimum atomic E-state index is -3.85. The van der Waals surface area contributed by atoms with E-state index >= 15 is 0 Å². The van der Waals surface area contributed by atoms with Crippen molar-refractivity contribution in [3.8, 4) is 11.5 Å². The normalized spacial score (nSPS) is 13.8. The van der Waals surface area contributed by atoms with Crippen LogP contribution in [0.1, 0.15) is 45.0 Å². The molecular weight excluding hydrogens is 522 g/mol. The number of pyridine rings is 1. The number of imidazole rings is 1. The Labute approximate surface area is 228 Å². The van der Waals surface area contributed by atoms with E-state index < -0.39 is 20.5 Å². The molecule has 0 radical (unpaired) electrons. The molecule has 11 nitrogen and oxygen atoms in total. The van der Waals surface area contributed by atoms with Gasteiger partial charge in [-0.2, -0.15) is 0 Å². The third-order valence-corrected chi connectivity index (χ3v) is 8.53. The molecule has 39 heavy (non-hydrogen) atoms. The number of nitrogens with one attached hydrogen (secondary N) is 1. The van der Waals surface area contributed by atoms with Crippen LogP contribution >= 0.6 is 0 Å². The van der Waals surface area contributed by atoms with Crippen LogP contribution < -0.4 is 20.5 Å². The zero-order chi connectivity index (χ0) is 29.0. The number of ether oxygens (including phenoxy) is 2. The average Bonchev–Trinajstić information content (AvgIpc) is 3.32. The standard InChI is InChI=1S/C27H35N5O6S/c1-17(18-9-7-8-10-22(18)37-6)31-26(34)20(29-5)13-19(28)21-15-30-25-14-23(38-12-11-33)24(16-32(21)25)39(35,36)27(2,3)4/h7-10,13-17,33H,11-12,28H2,1-6H3,(H,31,34)/b19-13-,29-20?/t17-/m1/s1. The van der Waals surface area contributed by atoms with E-state index in [0.29, 0.717) is 17.1 Å². The number of para-hydroxylation sites is 1. The number of aliphatic hydroxyl groups is 1. The summed E-state index contributed by atoms with van der Waals surface area (Å²) in [5.41, 5.74) is 8.11. The van der Waals surface area contributed by atoms with Crippen LogP contribution in [0.4, 0.5) is 0 Å². The number of nitrogens with zero attached hydrogens (tertiary/aromatic N) is 3. The van der Waals surface area contributed by atoms with Crippen LogP contribution in [0, 0.1) is 0 Å². The van der Waals surface area contributed by atoms with Crippen molar-refractivity contribution in [2.24, 2.45) is 10.7 Å². The van der Waals surface area contributed by atoms with Crippen molar-refractivity contribution in [3.05, 3.63) is 60.1 Å². The first-order valence-electron chi connectivity index (χ1n) is 12.2. The molecule has 0 aliphatic heterocycles. The van der Waals surface area contributed by atoms with Gasteiger partial charge in [-0.3, -0.25) is 14.2 Å². The maximum Gasteiger partial charge on any atom is 0.269 e. The summed E-state index contributed by atoms with van der Waals surface area (Å²) in [7, 11) is -0.817. The Morgan fingerprint density at radius 1 is 1.28 bits per heavy atom. The molecule has 0 saturated carbocycles.